The van der Waals surface area contributed by atoms with Crippen molar-refractivity contribution in [1.82, 2.24) is 4.31 Å². The van der Waals surface area contributed by atoms with Gasteiger partial charge in [0, 0.05) is 31.4 Å². The Morgan fingerprint density at radius 2 is 1.76 bits per heavy atom. The van der Waals surface area contributed by atoms with Crippen LogP contribution in [-0.4, -0.2) is 50.6 Å². The van der Waals surface area contributed by atoms with Crippen molar-refractivity contribution in [2.24, 2.45) is 0 Å². The molecule has 1 fully saturated rings. The maximum absolute atomic E-state index is 13.2. The zero-order valence-electron chi connectivity index (χ0n) is 19.1. The number of nitrogens with zero attached hydrogens (tertiary/aromatic N) is 2. The molecule has 0 bridgehead atoms. The average molecular weight is 487 g/mol. The van der Waals surface area contributed by atoms with E-state index in [0.717, 1.165) is 22.6 Å². The molecule has 0 saturated carbocycles. The number of thiophene rings is 1. The second-order valence-electron chi connectivity index (χ2n) is 8.80. The number of hydrogen-bond acceptors (Lipinski definition) is 6. The molecule has 1 aliphatic rings. The normalized spacial score (nSPS) is 17.8. The lowest BCUT2D eigenvalue weighted by molar-refractivity contribution is 0.0786. The molecule has 8 heteroatoms. The third kappa shape index (κ3) is 5.24. The fourth-order valence-corrected chi connectivity index (χ4v) is 6.80. The van der Waals surface area contributed by atoms with Crippen molar-refractivity contribution in [2.45, 2.75) is 36.1 Å². The van der Waals surface area contributed by atoms with Crippen molar-refractivity contribution in [3.63, 3.8) is 0 Å². The summed E-state index contributed by atoms with van der Waals surface area (Å²) in [5.41, 5.74) is 2.08. The van der Waals surface area contributed by atoms with Gasteiger partial charge in [0.2, 0.25) is 0 Å². The van der Waals surface area contributed by atoms with E-state index in [-0.39, 0.29) is 6.04 Å². The summed E-state index contributed by atoms with van der Waals surface area (Å²) in [5, 5.41) is 12.1. The highest BCUT2D eigenvalue weighted by Gasteiger charge is 2.35. The van der Waals surface area contributed by atoms with E-state index in [2.05, 4.69) is 4.90 Å². The Balaban J connectivity index is 1.62. The molecule has 1 aromatic heterocycles. The Morgan fingerprint density at radius 3 is 2.33 bits per heavy atom. The third-order valence-corrected chi connectivity index (χ3v) is 9.31. The topological polar surface area (TPSA) is 70.1 Å². The zero-order valence-corrected chi connectivity index (χ0v) is 20.8. The van der Waals surface area contributed by atoms with E-state index in [1.54, 1.807) is 42.8 Å². The van der Waals surface area contributed by atoms with Crippen LogP contribution in [0.1, 0.15) is 25.0 Å². The highest BCUT2D eigenvalue weighted by atomic mass is 32.2. The van der Waals surface area contributed by atoms with Crippen LogP contribution < -0.4 is 9.64 Å². The number of anilines is 1. The third-order valence-electron chi connectivity index (χ3n) is 6.07. The molecule has 1 N–H and O–H groups in total. The molecular weight excluding hydrogens is 456 g/mol. The van der Waals surface area contributed by atoms with Crippen molar-refractivity contribution in [1.29, 1.82) is 0 Å². The lowest BCUT2D eigenvalue weighted by Crippen LogP contribution is -2.55. The summed E-state index contributed by atoms with van der Waals surface area (Å²) in [6.07, 6.45) is 0.702. The van der Waals surface area contributed by atoms with Crippen LogP contribution in [0.15, 0.2) is 70.3 Å². The van der Waals surface area contributed by atoms with Gasteiger partial charge in [-0.05, 0) is 67.1 Å². The molecule has 33 heavy (non-hydrogen) atoms. The first-order valence-electron chi connectivity index (χ1n) is 10.9. The van der Waals surface area contributed by atoms with Crippen LogP contribution in [0, 0.1) is 0 Å². The van der Waals surface area contributed by atoms with Crippen LogP contribution in [0.4, 0.5) is 5.69 Å². The summed E-state index contributed by atoms with van der Waals surface area (Å²) in [6, 6.07) is 19.2. The fraction of sp³-hybridized carbons (Fsp3) is 0.360. The van der Waals surface area contributed by atoms with Crippen molar-refractivity contribution >= 4 is 27.0 Å². The van der Waals surface area contributed by atoms with Crippen molar-refractivity contribution in [3.8, 4) is 5.75 Å². The molecule has 176 valence electrons. The second kappa shape index (κ2) is 9.46. The molecule has 0 aliphatic carbocycles. The smallest absolute Gasteiger partial charge is 0.252 e. The zero-order chi connectivity index (χ0) is 23.6. The number of sulfonamides is 1. The molecule has 2 aromatic carbocycles. The van der Waals surface area contributed by atoms with Crippen molar-refractivity contribution in [2.75, 3.05) is 31.6 Å². The summed E-state index contributed by atoms with van der Waals surface area (Å²) in [4.78, 5) is 2.28. The number of benzene rings is 2. The first kappa shape index (κ1) is 23.8. The summed E-state index contributed by atoms with van der Waals surface area (Å²) >= 11 is 1.25. The Hall–Kier alpha value is -2.39. The minimum absolute atomic E-state index is 0.0325. The minimum atomic E-state index is -3.51. The Bertz CT molecular complexity index is 1150. The Morgan fingerprint density at radius 1 is 1.06 bits per heavy atom. The number of ether oxygens (including phenoxy) is 1. The Kier molecular flexibility index (Phi) is 6.81. The average Bonchev–Trinajstić information content (AvgIpc) is 3.35. The molecule has 6 nitrogen and oxygen atoms in total. The van der Waals surface area contributed by atoms with Crippen LogP contribution >= 0.6 is 11.3 Å². The molecule has 0 unspecified atom stereocenters. The molecule has 1 saturated heterocycles. The van der Waals surface area contributed by atoms with Gasteiger partial charge in [-0.1, -0.05) is 30.3 Å². The fourth-order valence-electron chi connectivity index (χ4n) is 4.19. The van der Waals surface area contributed by atoms with Gasteiger partial charge in [-0.15, -0.1) is 11.3 Å². The first-order chi connectivity index (χ1) is 15.7. The molecule has 1 atom stereocenters. The van der Waals surface area contributed by atoms with E-state index in [1.165, 1.54) is 11.3 Å². The summed E-state index contributed by atoms with van der Waals surface area (Å²) in [6.45, 7) is 4.95. The van der Waals surface area contributed by atoms with Gasteiger partial charge in [0.05, 0.1) is 12.7 Å². The van der Waals surface area contributed by atoms with Gasteiger partial charge < -0.3 is 14.7 Å². The van der Waals surface area contributed by atoms with Gasteiger partial charge >= 0.3 is 0 Å². The summed E-state index contributed by atoms with van der Waals surface area (Å²) < 4.78 is 33.7. The van der Waals surface area contributed by atoms with Gasteiger partial charge in [-0.25, -0.2) is 8.42 Å². The highest BCUT2D eigenvalue weighted by Crippen LogP contribution is 2.30. The van der Waals surface area contributed by atoms with Gasteiger partial charge in [-0.3, -0.25) is 0 Å². The monoisotopic (exact) mass is 486 g/mol. The van der Waals surface area contributed by atoms with Gasteiger partial charge in [0.1, 0.15) is 9.96 Å². The maximum Gasteiger partial charge on any atom is 0.252 e. The second-order valence-corrected chi connectivity index (χ2v) is 11.9. The summed E-state index contributed by atoms with van der Waals surface area (Å²) in [5.74, 6) is 0.795. The molecule has 0 amide bonds. The first-order valence-corrected chi connectivity index (χ1v) is 13.3. The van der Waals surface area contributed by atoms with E-state index >= 15 is 0 Å². The van der Waals surface area contributed by atoms with Crippen molar-refractivity contribution < 1.29 is 18.3 Å². The van der Waals surface area contributed by atoms with Crippen LogP contribution in [0.25, 0.3) is 0 Å². The molecule has 1 aliphatic heterocycles. The predicted octanol–water partition coefficient (Wildman–Crippen LogP) is 4.11. The maximum atomic E-state index is 13.2. The van der Waals surface area contributed by atoms with Gasteiger partial charge in [-0.2, -0.15) is 4.31 Å². The quantitative estimate of drug-likeness (QED) is 0.544. The molecule has 3 aromatic rings. The highest BCUT2D eigenvalue weighted by molar-refractivity contribution is 7.91. The number of rotatable bonds is 7. The lowest BCUT2D eigenvalue weighted by Gasteiger charge is -2.42. The molecule has 0 radical (unpaired) electrons. The van der Waals surface area contributed by atoms with Gasteiger partial charge in [0.15, 0.2) is 0 Å². The van der Waals surface area contributed by atoms with E-state index in [0.29, 0.717) is 30.3 Å². The van der Waals surface area contributed by atoms with E-state index in [4.69, 9.17) is 4.74 Å². The van der Waals surface area contributed by atoms with Crippen molar-refractivity contribution in [3.05, 3.63) is 77.2 Å². The number of aliphatic hydroxyl groups is 1. The van der Waals surface area contributed by atoms with E-state index in [9.17, 15) is 13.5 Å². The minimum Gasteiger partial charge on any atom is -0.497 e. The predicted molar refractivity (Wildman–Crippen MR) is 133 cm³/mol. The van der Waals surface area contributed by atoms with Gasteiger partial charge in [0.25, 0.3) is 10.0 Å². The van der Waals surface area contributed by atoms with E-state index in [1.807, 2.05) is 48.5 Å². The SMILES string of the molecule is COc1ccc(C[C@@H]2CN(S(=O)(=O)c3cccs3)CCN2c2ccc(C(C)(C)O)cc2)cc1. The standard InChI is InChI=1S/C25H30N2O4S2/c1-25(2,28)20-8-10-21(11-9-20)27-15-14-26(33(29,30)24-5-4-16-32-24)18-22(27)17-19-6-12-23(31-3)13-7-19/h4-13,16,22,28H,14-15,17-18H2,1-3H3/t22-/m1/s1. The molecule has 0 spiro atoms. The van der Waals surface area contributed by atoms with E-state index < -0.39 is 15.6 Å². The van der Waals surface area contributed by atoms with Crippen LogP contribution in [0.5, 0.6) is 5.75 Å². The largest absolute Gasteiger partial charge is 0.497 e. The molecule has 4 rings (SSSR count). The lowest BCUT2D eigenvalue weighted by atomic mass is 9.97. The van der Waals surface area contributed by atoms with Crippen LogP contribution in [0.3, 0.4) is 0 Å². The summed E-state index contributed by atoms with van der Waals surface area (Å²) in [7, 11) is -1.87. The van der Waals surface area contributed by atoms with Crippen LogP contribution in [-0.2, 0) is 22.0 Å². The van der Waals surface area contributed by atoms with Crippen LogP contribution in [0.2, 0.25) is 0 Å². The molecular formula is C25H30N2O4S2. The number of methoxy groups -OCH3 is 1. The number of hydrogen-bond donors (Lipinski definition) is 1. The molecule has 2 heterocycles. The number of piperazine rings is 1. The Labute approximate surface area is 200 Å².